The van der Waals surface area contributed by atoms with Gasteiger partial charge in [0.2, 0.25) is 0 Å². The molecule has 0 aliphatic rings. The first-order chi connectivity index (χ1) is 7.54. The highest BCUT2D eigenvalue weighted by atomic mass is 14.9. The van der Waals surface area contributed by atoms with Gasteiger partial charge in [-0.2, -0.15) is 0 Å². The van der Waals surface area contributed by atoms with Crippen LogP contribution in [0.25, 0.3) is 5.70 Å². The second kappa shape index (κ2) is 5.54. The average Bonchev–Trinajstić information content (AvgIpc) is 2.25. The van der Waals surface area contributed by atoms with Gasteiger partial charge in [-0.3, -0.25) is 4.98 Å². The van der Waals surface area contributed by atoms with Crippen LogP contribution in [0.3, 0.4) is 0 Å². The zero-order valence-electron chi connectivity index (χ0n) is 10.4. The molecule has 1 heterocycles. The molecule has 88 valence electrons. The first-order valence-corrected chi connectivity index (χ1v) is 5.72. The predicted octanol–water partition coefficient (Wildman–Crippen LogP) is 2.64. The van der Waals surface area contributed by atoms with Crippen molar-refractivity contribution in [2.24, 2.45) is 11.7 Å². The molecule has 0 atom stereocenters. The second-order valence-electron chi connectivity index (χ2n) is 4.37. The molecule has 1 aromatic heterocycles. The molecule has 16 heavy (non-hydrogen) atoms. The fourth-order valence-electron chi connectivity index (χ4n) is 1.47. The Hall–Kier alpha value is -1.51. The number of pyridine rings is 1. The Bertz CT molecular complexity index is 369. The number of hydrogen-bond donors (Lipinski definition) is 2. The highest BCUT2D eigenvalue weighted by molar-refractivity contribution is 5.66. The van der Waals surface area contributed by atoms with Gasteiger partial charge in [0.25, 0.3) is 0 Å². The van der Waals surface area contributed by atoms with Crippen LogP contribution < -0.4 is 11.1 Å². The number of nitrogens with one attached hydrogen (secondary N) is 1. The van der Waals surface area contributed by atoms with Crippen molar-refractivity contribution in [1.29, 1.82) is 0 Å². The Kier molecular flexibility index (Phi) is 4.35. The standard InChI is InChI=1S/C13H21N3/c1-5-13-12(10(4)14)6-11(8-16-13)15-7-9(2)3/h6,8-9,15H,4-5,7,14H2,1-3H3. The van der Waals surface area contributed by atoms with Gasteiger partial charge in [0.1, 0.15) is 0 Å². The number of aromatic nitrogens is 1. The van der Waals surface area contributed by atoms with Crippen molar-refractivity contribution in [2.75, 3.05) is 11.9 Å². The van der Waals surface area contributed by atoms with Crippen LogP contribution in [0.2, 0.25) is 0 Å². The van der Waals surface area contributed by atoms with E-state index in [1.54, 1.807) is 0 Å². The maximum absolute atomic E-state index is 5.75. The summed E-state index contributed by atoms with van der Waals surface area (Å²) in [5, 5.41) is 3.33. The highest BCUT2D eigenvalue weighted by Gasteiger charge is 2.05. The van der Waals surface area contributed by atoms with Gasteiger partial charge >= 0.3 is 0 Å². The van der Waals surface area contributed by atoms with Crippen LogP contribution >= 0.6 is 0 Å². The van der Waals surface area contributed by atoms with E-state index in [2.05, 4.69) is 37.7 Å². The average molecular weight is 219 g/mol. The summed E-state index contributed by atoms with van der Waals surface area (Å²) in [6.45, 7) is 11.1. The van der Waals surface area contributed by atoms with E-state index in [0.717, 1.165) is 29.9 Å². The Morgan fingerprint density at radius 2 is 2.25 bits per heavy atom. The van der Waals surface area contributed by atoms with Crippen LogP contribution in [0.15, 0.2) is 18.8 Å². The Labute approximate surface area is 97.8 Å². The van der Waals surface area contributed by atoms with Crippen molar-refractivity contribution in [3.63, 3.8) is 0 Å². The first-order valence-electron chi connectivity index (χ1n) is 5.72. The molecule has 1 rings (SSSR count). The number of aryl methyl sites for hydroxylation is 1. The van der Waals surface area contributed by atoms with E-state index < -0.39 is 0 Å². The number of rotatable bonds is 5. The quantitative estimate of drug-likeness (QED) is 0.800. The first kappa shape index (κ1) is 12.6. The van der Waals surface area contributed by atoms with Crippen molar-refractivity contribution in [1.82, 2.24) is 4.98 Å². The van der Waals surface area contributed by atoms with Crippen LogP contribution in [0.1, 0.15) is 32.0 Å². The Balaban J connectivity index is 2.89. The molecule has 1 aromatic rings. The molecular weight excluding hydrogens is 198 g/mol. The van der Waals surface area contributed by atoms with Gasteiger partial charge in [-0.05, 0) is 18.4 Å². The summed E-state index contributed by atoms with van der Waals surface area (Å²) >= 11 is 0. The molecule has 3 nitrogen and oxygen atoms in total. The lowest BCUT2D eigenvalue weighted by molar-refractivity contribution is 0.688. The van der Waals surface area contributed by atoms with E-state index in [9.17, 15) is 0 Å². The van der Waals surface area contributed by atoms with Gasteiger partial charge in [-0.1, -0.05) is 27.4 Å². The lowest BCUT2D eigenvalue weighted by Crippen LogP contribution is -2.10. The normalized spacial score (nSPS) is 10.5. The van der Waals surface area contributed by atoms with Crippen molar-refractivity contribution in [3.8, 4) is 0 Å². The number of anilines is 1. The van der Waals surface area contributed by atoms with Gasteiger partial charge in [0.15, 0.2) is 0 Å². The van der Waals surface area contributed by atoms with Gasteiger partial charge in [-0.25, -0.2) is 0 Å². The number of hydrogen-bond acceptors (Lipinski definition) is 3. The minimum absolute atomic E-state index is 0.581. The van der Waals surface area contributed by atoms with Crippen LogP contribution in [-0.2, 0) is 6.42 Å². The zero-order valence-corrected chi connectivity index (χ0v) is 10.4. The van der Waals surface area contributed by atoms with Gasteiger partial charge in [-0.15, -0.1) is 0 Å². The van der Waals surface area contributed by atoms with Gasteiger partial charge < -0.3 is 11.1 Å². The number of nitrogens with two attached hydrogens (primary N) is 1. The molecular formula is C13H21N3. The molecule has 0 aliphatic heterocycles. The molecule has 0 bridgehead atoms. The van der Waals surface area contributed by atoms with Crippen LogP contribution in [0.4, 0.5) is 5.69 Å². The summed E-state index contributed by atoms with van der Waals surface area (Å²) < 4.78 is 0. The fraction of sp³-hybridized carbons (Fsp3) is 0.462. The minimum Gasteiger partial charge on any atom is -0.399 e. The summed E-state index contributed by atoms with van der Waals surface area (Å²) in [6, 6.07) is 2.02. The minimum atomic E-state index is 0.581. The Morgan fingerprint density at radius 1 is 1.56 bits per heavy atom. The van der Waals surface area contributed by atoms with E-state index in [1.165, 1.54) is 0 Å². The van der Waals surface area contributed by atoms with Crippen molar-refractivity contribution < 1.29 is 0 Å². The molecule has 0 saturated heterocycles. The van der Waals surface area contributed by atoms with Crippen LogP contribution in [0.5, 0.6) is 0 Å². The predicted molar refractivity (Wildman–Crippen MR) is 70.2 cm³/mol. The van der Waals surface area contributed by atoms with E-state index in [4.69, 9.17) is 5.73 Å². The third-order valence-corrected chi connectivity index (χ3v) is 2.37. The monoisotopic (exact) mass is 219 g/mol. The molecule has 3 heteroatoms. The van der Waals surface area contributed by atoms with Gasteiger partial charge in [0, 0.05) is 23.5 Å². The Morgan fingerprint density at radius 3 is 2.75 bits per heavy atom. The summed E-state index contributed by atoms with van der Waals surface area (Å²) in [6.07, 6.45) is 2.73. The van der Waals surface area contributed by atoms with E-state index >= 15 is 0 Å². The van der Waals surface area contributed by atoms with Crippen molar-refractivity contribution in [2.45, 2.75) is 27.2 Å². The number of nitrogens with zero attached hydrogens (tertiary/aromatic N) is 1. The van der Waals surface area contributed by atoms with E-state index in [1.807, 2.05) is 12.3 Å². The molecule has 0 radical (unpaired) electrons. The lowest BCUT2D eigenvalue weighted by Gasteiger charge is -2.12. The topological polar surface area (TPSA) is 50.9 Å². The zero-order chi connectivity index (χ0) is 12.1. The summed E-state index contributed by atoms with van der Waals surface area (Å²) in [7, 11) is 0. The molecule has 0 amide bonds. The summed E-state index contributed by atoms with van der Waals surface area (Å²) in [4.78, 5) is 4.39. The molecule has 0 aliphatic carbocycles. The van der Waals surface area contributed by atoms with Gasteiger partial charge in [0.05, 0.1) is 11.9 Å². The molecule has 3 N–H and O–H groups in total. The third kappa shape index (κ3) is 3.26. The lowest BCUT2D eigenvalue weighted by atomic mass is 10.1. The van der Waals surface area contributed by atoms with Crippen LogP contribution in [0, 0.1) is 5.92 Å². The second-order valence-corrected chi connectivity index (χ2v) is 4.37. The fourth-order valence-corrected chi connectivity index (χ4v) is 1.47. The largest absolute Gasteiger partial charge is 0.399 e. The molecule has 0 fully saturated rings. The SMILES string of the molecule is C=C(N)c1cc(NCC(C)C)cnc1CC. The van der Waals surface area contributed by atoms with Crippen LogP contribution in [-0.4, -0.2) is 11.5 Å². The highest BCUT2D eigenvalue weighted by Crippen LogP contribution is 2.18. The van der Waals surface area contributed by atoms with Crippen molar-refractivity contribution in [3.05, 3.63) is 30.1 Å². The van der Waals surface area contributed by atoms with Crippen molar-refractivity contribution >= 4 is 11.4 Å². The smallest absolute Gasteiger partial charge is 0.0533 e. The maximum atomic E-state index is 5.75. The third-order valence-electron chi connectivity index (χ3n) is 2.37. The molecule has 0 unspecified atom stereocenters. The maximum Gasteiger partial charge on any atom is 0.0533 e. The molecule has 0 aromatic carbocycles. The molecule has 0 spiro atoms. The summed E-state index contributed by atoms with van der Waals surface area (Å²) in [5.41, 5.74) is 9.30. The van der Waals surface area contributed by atoms with E-state index in [0.29, 0.717) is 11.6 Å². The summed E-state index contributed by atoms with van der Waals surface area (Å²) in [5.74, 6) is 0.607. The molecule has 0 saturated carbocycles. The van der Waals surface area contributed by atoms with E-state index in [-0.39, 0.29) is 0 Å².